The van der Waals surface area contributed by atoms with Gasteiger partial charge in [0.05, 0.1) is 0 Å². The lowest BCUT2D eigenvalue weighted by Gasteiger charge is -1.99. The van der Waals surface area contributed by atoms with E-state index in [4.69, 9.17) is 11.6 Å². The predicted octanol–water partition coefficient (Wildman–Crippen LogP) is 1.47. The molecule has 0 bridgehead atoms. The van der Waals surface area contributed by atoms with Crippen molar-refractivity contribution in [1.29, 1.82) is 0 Å². The molecule has 0 N–H and O–H groups in total. The van der Waals surface area contributed by atoms with Crippen molar-refractivity contribution < 1.29 is 4.73 Å². The zero-order valence-electron chi connectivity index (χ0n) is 7.51. The fourth-order valence-electron chi connectivity index (χ4n) is 1.15. The summed E-state index contributed by atoms with van der Waals surface area (Å²) >= 11 is 5.80. The topological polar surface area (TPSA) is 44.8 Å². The summed E-state index contributed by atoms with van der Waals surface area (Å²) in [6.07, 6.45) is 4.63. The lowest BCUT2D eigenvalue weighted by Crippen LogP contribution is -2.25. The summed E-state index contributed by atoms with van der Waals surface area (Å²) < 4.78 is 2.30. The molecule has 0 aromatic carbocycles. The van der Waals surface area contributed by atoms with Crippen LogP contribution in [0.3, 0.4) is 0 Å². The first-order chi connectivity index (χ1) is 6.66. The zero-order valence-corrected chi connectivity index (χ0v) is 8.27. The smallest absolute Gasteiger partial charge is 0.206 e. The fraction of sp³-hybridized carbons (Fsp3) is 0.111. The van der Waals surface area contributed by atoms with Crippen molar-refractivity contribution in [2.75, 3.05) is 0 Å². The van der Waals surface area contributed by atoms with Crippen LogP contribution in [0.1, 0.15) is 5.56 Å². The molecule has 5 heteroatoms. The number of halogens is 1. The Bertz CT molecular complexity index is 447. The zero-order chi connectivity index (χ0) is 10.1. The maximum atomic E-state index is 11.0. The van der Waals surface area contributed by atoms with Crippen LogP contribution in [0.25, 0.3) is 5.69 Å². The largest absolute Gasteiger partial charge is 0.619 e. The Morgan fingerprint density at radius 3 is 2.93 bits per heavy atom. The van der Waals surface area contributed by atoms with Crippen LogP contribution in [-0.4, -0.2) is 9.78 Å². The van der Waals surface area contributed by atoms with E-state index in [1.807, 2.05) is 6.92 Å². The van der Waals surface area contributed by atoms with Gasteiger partial charge in [0.2, 0.25) is 6.20 Å². The summed E-state index contributed by atoms with van der Waals surface area (Å²) in [6, 6.07) is 3.45. The molecule has 4 nitrogen and oxygen atoms in total. The average molecular weight is 210 g/mol. The molecule has 0 atom stereocenters. The van der Waals surface area contributed by atoms with Gasteiger partial charge in [0, 0.05) is 17.8 Å². The van der Waals surface area contributed by atoms with Crippen LogP contribution in [0.15, 0.2) is 30.7 Å². The molecule has 72 valence electrons. The molecule has 2 rings (SSSR count). The molecule has 0 spiro atoms. The number of nitrogens with zero attached hydrogens (tertiary/aromatic N) is 3. The van der Waals surface area contributed by atoms with Gasteiger partial charge in [-0.3, -0.25) is 0 Å². The molecule has 2 aromatic rings. The lowest BCUT2D eigenvalue weighted by molar-refractivity contribution is -0.605. The molecular weight excluding hydrogens is 202 g/mol. The highest BCUT2D eigenvalue weighted by Crippen LogP contribution is 2.14. The Morgan fingerprint density at radius 2 is 2.36 bits per heavy atom. The molecule has 2 heterocycles. The van der Waals surface area contributed by atoms with Gasteiger partial charge in [-0.2, -0.15) is 9.83 Å². The third kappa shape index (κ3) is 1.56. The molecule has 0 aliphatic carbocycles. The van der Waals surface area contributed by atoms with E-state index < -0.39 is 0 Å². The lowest BCUT2D eigenvalue weighted by atomic mass is 10.4. The van der Waals surface area contributed by atoms with Crippen molar-refractivity contribution in [3.05, 3.63) is 46.6 Å². The van der Waals surface area contributed by atoms with Crippen LogP contribution in [-0.2, 0) is 0 Å². The Morgan fingerprint density at radius 1 is 1.57 bits per heavy atom. The second-order valence-corrected chi connectivity index (χ2v) is 3.33. The van der Waals surface area contributed by atoms with Crippen LogP contribution < -0.4 is 4.73 Å². The highest BCUT2D eigenvalue weighted by Gasteiger charge is 2.05. The first-order valence-electron chi connectivity index (χ1n) is 4.08. The Balaban J connectivity index is 2.49. The van der Waals surface area contributed by atoms with Gasteiger partial charge in [-0.25, -0.2) is 4.68 Å². The van der Waals surface area contributed by atoms with Crippen LogP contribution in [0.4, 0.5) is 0 Å². The van der Waals surface area contributed by atoms with E-state index in [2.05, 4.69) is 5.10 Å². The van der Waals surface area contributed by atoms with Crippen LogP contribution in [0.5, 0.6) is 0 Å². The average Bonchev–Trinajstić information content (AvgIpc) is 2.47. The summed E-state index contributed by atoms with van der Waals surface area (Å²) in [5.41, 5.74) is 1.57. The van der Waals surface area contributed by atoms with E-state index in [0.29, 0.717) is 10.8 Å². The van der Waals surface area contributed by atoms with E-state index in [-0.39, 0.29) is 0 Å². The first kappa shape index (κ1) is 9.02. The maximum absolute atomic E-state index is 11.0. The Hall–Kier alpha value is -1.55. The molecule has 0 aliphatic rings. The summed E-state index contributed by atoms with van der Waals surface area (Å²) in [7, 11) is 0. The number of hydrogen-bond acceptors (Lipinski definition) is 2. The van der Waals surface area contributed by atoms with Gasteiger partial charge in [0.25, 0.3) is 0 Å². The van der Waals surface area contributed by atoms with Crippen LogP contribution in [0.2, 0.25) is 5.15 Å². The molecule has 0 saturated heterocycles. The summed E-state index contributed by atoms with van der Waals surface area (Å²) in [5, 5.41) is 15.5. The minimum absolute atomic E-state index is 0.450. The minimum Gasteiger partial charge on any atom is -0.619 e. The van der Waals surface area contributed by atoms with Crippen molar-refractivity contribution in [2.24, 2.45) is 0 Å². The Kier molecular flexibility index (Phi) is 2.13. The summed E-state index contributed by atoms with van der Waals surface area (Å²) in [5.74, 6) is 0. The van der Waals surface area contributed by atoms with Gasteiger partial charge in [0.15, 0.2) is 11.3 Å². The maximum Gasteiger partial charge on any atom is 0.206 e. The highest BCUT2D eigenvalue weighted by molar-refractivity contribution is 6.30. The van der Waals surface area contributed by atoms with Crippen LogP contribution in [0, 0.1) is 12.1 Å². The molecule has 14 heavy (non-hydrogen) atoms. The van der Waals surface area contributed by atoms with Crippen molar-refractivity contribution >= 4 is 11.6 Å². The highest BCUT2D eigenvalue weighted by atomic mass is 35.5. The number of hydrogen-bond donors (Lipinski definition) is 0. The molecule has 2 aromatic heterocycles. The standard InChI is InChI=1S/C9H8ClN3O/c1-7-5-13(11-9(7)10)8-3-2-4-12(14)6-8/h2-6H,1H3. The quantitative estimate of drug-likeness (QED) is 0.527. The van der Waals surface area contributed by atoms with Crippen molar-refractivity contribution in [1.82, 2.24) is 9.78 Å². The van der Waals surface area contributed by atoms with Gasteiger partial charge in [-0.15, -0.1) is 0 Å². The molecule has 0 unspecified atom stereocenters. The molecule has 0 aliphatic heterocycles. The first-order valence-corrected chi connectivity index (χ1v) is 4.45. The third-order valence-corrected chi connectivity index (χ3v) is 2.23. The van der Waals surface area contributed by atoms with Gasteiger partial charge in [-0.1, -0.05) is 11.6 Å². The van der Waals surface area contributed by atoms with Gasteiger partial charge >= 0.3 is 0 Å². The van der Waals surface area contributed by atoms with Crippen molar-refractivity contribution in [3.8, 4) is 5.69 Å². The van der Waals surface area contributed by atoms with E-state index in [9.17, 15) is 5.21 Å². The second-order valence-electron chi connectivity index (χ2n) is 2.97. The van der Waals surface area contributed by atoms with E-state index in [0.717, 1.165) is 10.3 Å². The molecule has 0 radical (unpaired) electrons. The van der Waals surface area contributed by atoms with Gasteiger partial charge < -0.3 is 5.21 Å². The minimum atomic E-state index is 0.450. The normalized spacial score (nSPS) is 10.4. The van der Waals surface area contributed by atoms with Crippen molar-refractivity contribution in [2.45, 2.75) is 6.92 Å². The second kappa shape index (κ2) is 3.31. The predicted molar refractivity (Wildman–Crippen MR) is 52.3 cm³/mol. The molecule has 0 saturated carbocycles. The number of aryl methyl sites for hydroxylation is 1. The molecule has 0 amide bonds. The Labute approximate surface area is 85.9 Å². The summed E-state index contributed by atoms with van der Waals surface area (Å²) in [6.45, 7) is 1.86. The van der Waals surface area contributed by atoms with Crippen LogP contribution >= 0.6 is 11.6 Å². The number of aromatic nitrogens is 3. The monoisotopic (exact) mass is 209 g/mol. The third-order valence-electron chi connectivity index (χ3n) is 1.86. The SMILES string of the molecule is Cc1cn(-c2ccc[n+]([O-])c2)nc1Cl. The van der Waals surface area contributed by atoms with Gasteiger partial charge in [-0.05, 0) is 13.0 Å². The van der Waals surface area contributed by atoms with Gasteiger partial charge in [0.1, 0.15) is 5.69 Å². The molecular formula is C9H8ClN3O. The van der Waals surface area contributed by atoms with E-state index in [1.54, 1.807) is 23.0 Å². The number of rotatable bonds is 1. The van der Waals surface area contributed by atoms with Crippen molar-refractivity contribution in [3.63, 3.8) is 0 Å². The summed E-state index contributed by atoms with van der Waals surface area (Å²) in [4.78, 5) is 0. The number of pyridine rings is 1. The van der Waals surface area contributed by atoms with E-state index in [1.165, 1.54) is 12.4 Å². The molecule has 0 fully saturated rings. The fourth-order valence-corrected chi connectivity index (χ4v) is 1.28. The van der Waals surface area contributed by atoms with E-state index >= 15 is 0 Å².